The third-order valence-electron chi connectivity index (χ3n) is 5.17. The lowest BCUT2D eigenvalue weighted by molar-refractivity contribution is -0.113. The van der Waals surface area contributed by atoms with E-state index in [1.807, 2.05) is 62.4 Å². The third kappa shape index (κ3) is 4.78. The molecule has 0 bridgehead atoms. The molecule has 9 heteroatoms. The maximum Gasteiger partial charge on any atom is 0.234 e. The van der Waals surface area contributed by atoms with Gasteiger partial charge in [-0.1, -0.05) is 43.0 Å². The molecule has 0 aliphatic rings. The van der Waals surface area contributed by atoms with Gasteiger partial charge in [-0.05, 0) is 50.1 Å². The lowest BCUT2D eigenvalue weighted by Crippen LogP contribution is -2.23. The second-order valence-electron chi connectivity index (χ2n) is 7.41. The average Bonchev–Trinajstić information content (AvgIpc) is 3.20. The lowest BCUT2D eigenvalue weighted by Gasteiger charge is -2.16. The zero-order valence-electron chi connectivity index (χ0n) is 18.8. The number of ether oxygens (including phenoxy) is 1. The van der Waals surface area contributed by atoms with Gasteiger partial charge in [0.05, 0.1) is 23.4 Å². The van der Waals surface area contributed by atoms with E-state index in [1.54, 1.807) is 4.57 Å². The highest BCUT2D eigenvalue weighted by Crippen LogP contribution is 2.27. The van der Waals surface area contributed by atoms with Crippen LogP contribution in [-0.2, 0) is 11.2 Å². The minimum atomic E-state index is -0.152. The Morgan fingerprint density at radius 3 is 2.67 bits per heavy atom. The molecule has 4 aromatic rings. The van der Waals surface area contributed by atoms with Crippen LogP contribution < -0.4 is 15.5 Å². The number of anilines is 1. The summed E-state index contributed by atoms with van der Waals surface area (Å²) in [6, 6.07) is 15.3. The summed E-state index contributed by atoms with van der Waals surface area (Å²) < 4.78 is 7.52. The molecule has 0 aliphatic carbocycles. The predicted molar refractivity (Wildman–Crippen MR) is 130 cm³/mol. The molecule has 2 aromatic carbocycles. The normalized spacial score (nSPS) is 11.0. The number of benzene rings is 2. The largest absolute Gasteiger partial charge is 0.492 e. The van der Waals surface area contributed by atoms with Gasteiger partial charge in [0.1, 0.15) is 11.2 Å². The second-order valence-corrected chi connectivity index (χ2v) is 8.36. The molecular formula is C24H26N6O2S. The van der Waals surface area contributed by atoms with Gasteiger partial charge in [-0.2, -0.15) is 5.10 Å². The molecule has 33 heavy (non-hydrogen) atoms. The summed E-state index contributed by atoms with van der Waals surface area (Å²) >= 11 is 1.25. The van der Waals surface area contributed by atoms with Gasteiger partial charge in [-0.25, -0.2) is 4.98 Å². The Labute approximate surface area is 195 Å². The molecule has 0 unspecified atom stereocenters. The van der Waals surface area contributed by atoms with Gasteiger partial charge in [0.2, 0.25) is 5.91 Å². The number of rotatable bonds is 8. The number of fused-ring (bicyclic) bond motifs is 1. The molecule has 0 saturated heterocycles. The smallest absolute Gasteiger partial charge is 0.234 e. The van der Waals surface area contributed by atoms with Crippen molar-refractivity contribution in [3.8, 4) is 11.4 Å². The minimum Gasteiger partial charge on any atom is -0.492 e. The number of amides is 1. The Morgan fingerprint density at radius 1 is 1.18 bits per heavy atom. The molecule has 0 radical (unpaired) electrons. The predicted octanol–water partition coefficient (Wildman–Crippen LogP) is 4.23. The van der Waals surface area contributed by atoms with Gasteiger partial charge in [-0.3, -0.25) is 19.9 Å². The fourth-order valence-electron chi connectivity index (χ4n) is 3.52. The number of aromatic nitrogens is 4. The van der Waals surface area contributed by atoms with Crippen LogP contribution in [0, 0.1) is 12.3 Å². The van der Waals surface area contributed by atoms with Gasteiger partial charge in [0, 0.05) is 11.4 Å². The summed E-state index contributed by atoms with van der Waals surface area (Å²) in [6.45, 7) is 6.36. The highest BCUT2D eigenvalue weighted by molar-refractivity contribution is 7.99. The van der Waals surface area contributed by atoms with E-state index in [0.29, 0.717) is 34.2 Å². The standard InChI is InChI=1S/C24H26N6O2S/c1-4-16-10-12-17(13-11-16)26-20(31)14-33-24-27-23-21(15(3)28-29-23)22(25)30(24)18-8-6-7-9-19(18)32-5-2/h6-13,25H,4-5,14H2,1-3H3,(H,26,31)(H,28,29). The number of nitrogens with one attached hydrogen (secondary N) is 3. The van der Waals surface area contributed by atoms with Crippen LogP contribution in [-0.4, -0.2) is 38.0 Å². The van der Waals surface area contributed by atoms with E-state index in [1.165, 1.54) is 17.3 Å². The van der Waals surface area contributed by atoms with Crippen LogP contribution in [0.5, 0.6) is 5.75 Å². The number of thioether (sulfide) groups is 1. The van der Waals surface area contributed by atoms with Gasteiger partial charge in [0.25, 0.3) is 0 Å². The van der Waals surface area contributed by atoms with Crippen LogP contribution in [0.4, 0.5) is 5.69 Å². The lowest BCUT2D eigenvalue weighted by atomic mass is 10.1. The highest BCUT2D eigenvalue weighted by Gasteiger charge is 2.18. The van der Waals surface area contributed by atoms with Crippen LogP contribution in [0.2, 0.25) is 0 Å². The maximum atomic E-state index is 12.6. The first-order valence-electron chi connectivity index (χ1n) is 10.8. The number of para-hydroxylation sites is 2. The first-order valence-corrected chi connectivity index (χ1v) is 11.8. The van der Waals surface area contributed by atoms with E-state index in [9.17, 15) is 4.79 Å². The molecule has 4 rings (SSSR count). The fraction of sp³-hybridized carbons (Fsp3) is 0.250. The van der Waals surface area contributed by atoms with Crippen molar-refractivity contribution >= 4 is 34.4 Å². The monoisotopic (exact) mass is 462 g/mol. The molecule has 0 spiro atoms. The third-order valence-corrected chi connectivity index (χ3v) is 6.10. The molecule has 0 aliphatic heterocycles. The van der Waals surface area contributed by atoms with Crippen LogP contribution in [0.15, 0.2) is 53.7 Å². The number of carbonyl (C=O) groups excluding carboxylic acids is 1. The SMILES string of the molecule is CCOc1ccccc1-n1c(SCC(=O)Nc2ccc(CC)cc2)nc2n[nH]c(C)c2c1=N. The number of nitrogens with zero attached hydrogens (tertiary/aromatic N) is 3. The van der Waals surface area contributed by atoms with Crippen molar-refractivity contribution < 1.29 is 9.53 Å². The number of H-pyrrole nitrogens is 1. The minimum absolute atomic E-state index is 0.133. The first-order chi connectivity index (χ1) is 16.0. The van der Waals surface area contributed by atoms with Gasteiger partial charge >= 0.3 is 0 Å². The molecule has 0 atom stereocenters. The average molecular weight is 463 g/mol. The van der Waals surface area contributed by atoms with Crippen LogP contribution in [0.25, 0.3) is 16.7 Å². The molecule has 170 valence electrons. The first kappa shape index (κ1) is 22.6. The number of hydrogen-bond donors (Lipinski definition) is 3. The Balaban J connectivity index is 1.67. The van der Waals surface area contributed by atoms with E-state index < -0.39 is 0 Å². The Morgan fingerprint density at radius 2 is 1.94 bits per heavy atom. The van der Waals surface area contributed by atoms with Crippen molar-refractivity contribution in [2.45, 2.75) is 32.3 Å². The maximum absolute atomic E-state index is 12.6. The van der Waals surface area contributed by atoms with Crippen molar-refractivity contribution in [1.29, 1.82) is 5.41 Å². The van der Waals surface area contributed by atoms with E-state index in [-0.39, 0.29) is 17.1 Å². The van der Waals surface area contributed by atoms with E-state index in [4.69, 9.17) is 10.1 Å². The number of aryl methyl sites for hydroxylation is 2. The Hall–Kier alpha value is -3.59. The molecular weight excluding hydrogens is 436 g/mol. The molecule has 2 aromatic heterocycles. The van der Waals surface area contributed by atoms with Crippen molar-refractivity contribution in [2.24, 2.45) is 0 Å². The summed E-state index contributed by atoms with van der Waals surface area (Å²) in [7, 11) is 0. The molecule has 2 heterocycles. The second kappa shape index (κ2) is 9.91. The van der Waals surface area contributed by atoms with E-state index in [2.05, 4.69) is 27.4 Å². The molecule has 8 nitrogen and oxygen atoms in total. The Bertz CT molecular complexity index is 1340. The summed E-state index contributed by atoms with van der Waals surface area (Å²) in [5.41, 5.74) is 4.09. The van der Waals surface area contributed by atoms with Gasteiger partial charge in [0.15, 0.2) is 10.8 Å². The number of aromatic amines is 1. The van der Waals surface area contributed by atoms with Crippen LogP contribution in [0.1, 0.15) is 25.1 Å². The number of carbonyl (C=O) groups is 1. The molecule has 3 N–H and O–H groups in total. The van der Waals surface area contributed by atoms with Crippen molar-refractivity contribution in [3.05, 3.63) is 65.3 Å². The van der Waals surface area contributed by atoms with Gasteiger partial charge < -0.3 is 10.1 Å². The van der Waals surface area contributed by atoms with Crippen molar-refractivity contribution in [3.63, 3.8) is 0 Å². The summed E-state index contributed by atoms with van der Waals surface area (Å²) in [5.74, 6) is 0.622. The zero-order chi connectivity index (χ0) is 23.4. The van der Waals surface area contributed by atoms with Gasteiger partial charge in [-0.15, -0.1) is 0 Å². The zero-order valence-corrected chi connectivity index (χ0v) is 19.6. The fourth-order valence-corrected chi connectivity index (χ4v) is 4.32. The van der Waals surface area contributed by atoms with Crippen LogP contribution >= 0.6 is 11.8 Å². The number of hydrogen-bond acceptors (Lipinski definition) is 6. The van der Waals surface area contributed by atoms with E-state index >= 15 is 0 Å². The molecule has 0 saturated carbocycles. The van der Waals surface area contributed by atoms with E-state index in [0.717, 1.165) is 17.8 Å². The van der Waals surface area contributed by atoms with Crippen LogP contribution in [0.3, 0.4) is 0 Å². The quantitative estimate of drug-likeness (QED) is 0.268. The summed E-state index contributed by atoms with van der Waals surface area (Å²) in [6.07, 6.45) is 0.948. The highest BCUT2D eigenvalue weighted by atomic mass is 32.2. The van der Waals surface area contributed by atoms with Crippen molar-refractivity contribution in [2.75, 3.05) is 17.7 Å². The Kier molecular flexibility index (Phi) is 6.79. The summed E-state index contributed by atoms with van der Waals surface area (Å²) in [5, 5.41) is 20.1. The van der Waals surface area contributed by atoms with Crippen molar-refractivity contribution in [1.82, 2.24) is 19.7 Å². The molecule has 1 amide bonds. The molecule has 0 fully saturated rings. The topological polar surface area (TPSA) is 109 Å². The summed E-state index contributed by atoms with van der Waals surface area (Å²) in [4.78, 5) is 17.3.